The van der Waals surface area contributed by atoms with Gasteiger partial charge in [-0.3, -0.25) is 9.78 Å². The Labute approximate surface area is 119 Å². The molecule has 0 saturated carbocycles. The van der Waals surface area contributed by atoms with Crippen LogP contribution >= 0.6 is 0 Å². The molecule has 2 rings (SSSR count). The lowest BCUT2D eigenvalue weighted by Gasteiger charge is -2.20. The van der Waals surface area contributed by atoms with E-state index in [2.05, 4.69) is 14.8 Å². The molecule has 0 atom stereocenters. The van der Waals surface area contributed by atoms with E-state index in [4.69, 9.17) is 0 Å². The lowest BCUT2D eigenvalue weighted by molar-refractivity contribution is 0.0962. The Bertz CT molecular complexity index is 429. The third kappa shape index (κ3) is 4.65. The molecule has 0 unspecified atom stereocenters. The summed E-state index contributed by atoms with van der Waals surface area (Å²) >= 11 is 0. The smallest absolute Gasteiger partial charge is 0.182 e. The van der Waals surface area contributed by atoms with Crippen LogP contribution in [0.1, 0.15) is 29.8 Å². The van der Waals surface area contributed by atoms with Crippen LogP contribution in [0.2, 0.25) is 0 Å². The zero-order chi connectivity index (χ0) is 14.4. The van der Waals surface area contributed by atoms with Gasteiger partial charge in [0.25, 0.3) is 0 Å². The van der Waals surface area contributed by atoms with Crippen molar-refractivity contribution in [2.45, 2.75) is 19.3 Å². The van der Waals surface area contributed by atoms with Crippen molar-refractivity contribution in [2.24, 2.45) is 0 Å². The highest BCUT2D eigenvalue weighted by molar-refractivity contribution is 5.94. The first-order chi connectivity index (χ1) is 9.65. The molecule has 1 aliphatic rings. The minimum Gasteiger partial charge on any atom is -0.305 e. The molecule has 4 nitrogen and oxygen atoms in total. The van der Waals surface area contributed by atoms with Crippen molar-refractivity contribution in [1.82, 2.24) is 14.8 Å². The fourth-order valence-corrected chi connectivity index (χ4v) is 2.39. The Kier molecular flexibility index (Phi) is 5.61. The Morgan fingerprint density at radius 2 is 2.10 bits per heavy atom. The van der Waals surface area contributed by atoms with Gasteiger partial charge in [-0.25, -0.2) is 4.39 Å². The molecule has 0 bridgehead atoms. The molecule has 1 aromatic heterocycles. The number of Topliss-reactive ketones (excluding diaryl/α,β-unsaturated/α-hetero) is 1. The van der Waals surface area contributed by atoms with Gasteiger partial charge in [-0.1, -0.05) is 0 Å². The molecular formula is C15H22FN3O. The van der Waals surface area contributed by atoms with Crippen LogP contribution in [0.5, 0.6) is 0 Å². The van der Waals surface area contributed by atoms with Crippen LogP contribution in [0.3, 0.4) is 0 Å². The van der Waals surface area contributed by atoms with Crippen LogP contribution in [-0.2, 0) is 0 Å². The molecule has 2 heterocycles. The summed E-state index contributed by atoms with van der Waals surface area (Å²) in [6, 6.07) is 2.72. The summed E-state index contributed by atoms with van der Waals surface area (Å²) in [5.41, 5.74) is 0.347. The highest BCUT2D eigenvalue weighted by atomic mass is 19.1. The average molecular weight is 279 g/mol. The van der Waals surface area contributed by atoms with Crippen LogP contribution < -0.4 is 0 Å². The molecule has 0 amide bonds. The Morgan fingerprint density at radius 3 is 2.75 bits per heavy atom. The van der Waals surface area contributed by atoms with Gasteiger partial charge in [0.1, 0.15) is 11.5 Å². The molecule has 110 valence electrons. The van der Waals surface area contributed by atoms with Crippen molar-refractivity contribution in [3.63, 3.8) is 0 Å². The molecule has 1 fully saturated rings. The van der Waals surface area contributed by atoms with Crippen molar-refractivity contribution in [1.29, 1.82) is 0 Å². The maximum Gasteiger partial charge on any atom is 0.182 e. The fourth-order valence-electron chi connectivity index (χ4n) is 2.39. The van der Waals surface area contributed by atoms with E-state index < -0.39 is 5.82 Å². The molecule has 0 aliphatic carbocycles. The number of nitrogens with zero attached hydrogens (tertiary/aromatic N) is 3. The second kappa shape index (κ2) is 7.45. The van der Waals surface area contributed by atoms with E-state index in [1.165, 1.54) is 38.1 Å². The summed E-state index contributed by atoms with van der Waals surface area (Å²) in [6.07, 6.45) is 4.12. The molecule has 1 saturated heterocycles. The normalized spacial score (nSPS) is 15.9. The van der Waals surface area contributed by atoms with Gasteiger partial charge in [0, 0.05) is 26.1 Å². The minimum atomic E-state index is -0.413. The van der Waals surface area contributed by atoms with Gasteiger partial charge in [-0.15, -0.1) is 0 Å². The van der Waals surface area contributed by atoms with Crippen molar-refractivity contribution in [3.8, 4) is 0 Å². The predicted molar refractivity (Wildman–Crippen MR) is 76.3 cm³/mol. The average Bonchev–Trinajstić information content (AvgIpc) is 2.96. The molecule has 1 aromatic rings. The minimum absolute atomic E-state index is 0.0296. The van der Waals surface area contributed by atoms with E-state index >= 15 is 0 Å². The lowest BCUT2D eigenvalue weighted by atomic mass is 10.2. The molecular weight excluding hydrogens is 257 g/mol. The van der Waals surface area contributed by atoms with E-state index in [0.29, 0.717) is 18.7 Å². The summed E-state index contributed by atoms with van der Waals surface area (Å²) in [5, 5.41) is 0. The van der Waals surface area contributed by atoms with Gasteiger partial charge >= 0.3 is 0 Å². The van der Waals surface area contributed by atoms with E-state index in [1.54, 1.807) is 0 Å². The van der Waals surface area contributed by atoms with Crippen molar-refractivity contribution in [2.75, 3.05) is 39.8 Å². The van der Waals surface area contributed by atoms with Crippen molar-refractivity contribution in [3.05, 3.63) is 29.8 Å². The summed E-state index contributed by atoms with van der Waals surface area (Å²) in [4.78, 5) is 20.3. The van der Waals surface area contributed by atoms with Gasteiger partial charge in [0.15, 0.2) is 5.78 Å². The zero-order valence-electron chi connectivity index (χ0n) is 12.0. The molecule has 5 heteroatoms. The van der Waals surface area contributed by atoms with Crippen LogP contribution in [-0.4, -0.2) is 60.3 Å². The number of rotatable bonds is 7. The third-order valence-corrected chi connectivity index (χ3v) is 3.73. The number of likely N-dealkylation sites (tertiary alicyclic amines) is 1. The van der Waals surface area contributed by atoms with E-state index in [1.807, 2.05) is 7.05 Å². The summed E-state index contributed by atoms with van der Waals surface area (Å²) in [6.45, 7) is 5.16. The zero-order valence-corrected chi connectivity index (χ0v) is 12.0. The lowest BCUT2D eigenvalue weighted by Crippen LogP contribution is -2.32. The standard InChI is InChI=1S/C15H22FN3O/c1-18(10-11-19-7-2-3-8-19)9-6-15(20)14-5-4-13(16)12-17-14/h4-5,12H,2-3,6-11H2,1H3. The molecule has 0 N–H and O–H groups in total. The van der Waals surface area contributed by atoms with E-state index in [0.717, 1.165) is 19.3 Å². The quantitative estimate of drug-likeness (QED) is 0.713. The predicted octanol–water partition coefficient (Wildman–Crippen LogP) is 1.82. The molecule has 20 heavy (non-hydrogen) atoms. The van der Waals surface area contributed by atoms with Gasteiger partial charge in [0.05, 0.1) is 6.20 Å². The number of ketones is 1. The molecule has 0 radical (unpaired) electrons. The summed E-state index contributed by atoms with van der Waals surface area (Å²) in [5.74, 6) is -0.442. The van der Waals surface area contributed by atoms with Gasteiger partial charge in [0.2, 0.25) is 0 Å². The Morgan fingerprint density at radius 1 is 1.35 bits per heavy atom. The second-order valence-electron chi connectivity index (χ2n) is 5.39. The van der Waals surface area contributed by atoms with Crippen LogP contribution in [0, 0.1) is 5.82 Å². The molecule has 0 spiro atoms. The fraction of sp³-hybridized carbons (Fsp3) is 0.600. The van der Waals surface area contributed by atoms with E-state index in [9.17, 15) is 9.18 Å². The SMILES string of the molecule is CN(CCC(=O)c1ccc(F)cn1)CCN1CCCC1. The van der Waals surface area contributed by atoms with Crippen LogP contribution in [0.25, 0.3) is 0 Å². The number of aromatic nitrogens is 1. The maximum absolute atomic E-state index is 12.7. The number of pyridine rings is 1. The molecule has 0 aromatic carbocycles. The number of hydrogen-bond donors (Lipinski definition) is 0. The highest BCUT2D eigenvalue weighted by Crippen LogP contribution is 2.07. The number of carbonyl (C=O) groups excluding carboxylic acids is 1. The van der Waals surface area contributed by atoms with E-state index in [-0.39, 0.29) is 5.78 Å². The summed E-state index contributed by atoms with van der Waals surface area (Å²) < 4.78 is 12.7. The molecule has 1 aliphatic heterocycles. The first-order valence-corrected chi connectivity index (χ1v) is 7.21. The van der Waals surface area contributed by atoms with Crippen LogP contribution in [0.4, 0.5) is 4.39 Å². The summed E-state index contributed by atoms with van der Waals surface area (Å²) in [7, 11) is 2.03. The van der Waals surface area contributed by atoms with Crippen molar-refractivity contribution >= 4 is 5.78 Å². The second-order valence-corrected chi connectivity index (χ2v) is 5.39. The van der Waals surface area contributed by atoms with Gasteiger partial charge in [-0.2, -0.15) is 0 Å². The van der Waals surface area contributed by atoms with Crippen molar-refractivity contribution < 1.29 is 9.18 Å². The van der Waals surface area contributed by atoms with Crippen LogP contribution in [0.15, 0.2) is 18.3 Å². The Balaban J connectivity index is 1.68. The number of likely N-dealkylation sites (N-methyl/N-ethyl adjacent to an activating group) is 1. The monoisotopic (exact) mass is 279 g/mol. The number of halogens is 1. The third-order valence-electron chi connectivity index (χ3n) is 3.73. The first-order valence-electron chi connectivity index (χ1n) is 7.21. The van der Waals surface area contributed by atoms with Gasteiger partial charge < -0.3 is 9.80 Å². The number of hydrogen-bond acceptors (Lipinski definition) is 4. The largest absolute Gasteiger partial charge is 0.305 e. The topological polar surface area (TPSA) is 36.4 Å². The number of carbonyl (C=O) groups is 1. The maximum atomic E-state index is 12.7. The van der Waals surface area contributed by atoms with Gasteiger partial charge in [-0.05, 0) is 45.1 Å². The first kappa shape index (κ1) is 15.1. The highest BCUT2D eigenvalue weighted by Gasteiger charge is 2.13. The Hall–Kier alpha value is -1.33.